The third kappa shape index (κ3) is 3.87. The van der Waals surface area contributed by atoms with Crippen LogP contribution in [0, 0.1) is 26.7 Å². The molecule has 0 saturated carbocycles. The predicted molar refractivity (Wildman–Crippen MR) is 107 cm³/mol. The van der Waals surface area contributed by atoms with Crippen molar-refractivity contribution in [3.8, 4) is 11.3 Å². The summed E-state index contributed by atoms with van der Waals surface area (Å²) in [6.45, 7) is 10.9. The number of pyridine rings is 1. The van der Waals surface area contributed by atoms with Gasteiger partial charge >= 0.3 is 5.97 Å². The molecule has 3 rings (SSSR count). The largest absolute Gasteiger partial charge is 0.481 e. The van der Waals surface area contributed by atoms with Crippen molar-refractivity contribution in [2.75, 3.05) is 0 Å². The summed E-state index contributed by atoms with van der Waals surface area (Å²) in [5.74, 6) is -0.0718. The van der Waals surface area contributed by atoms with Crippen LogP contribution in [0.5, 0.6) is 0 Å². The SMILES string of the molecule is Cc1cc(-c2cc(C(=O)NC(C)(CC(=O)O)C(C)C)c3c(C)noc3n2)c(C)o1. The first kappa shape index (κ1) is 20.6. The third-order valence-electron chi connectivity index (χ3n) is 5.37. The van der Waals surface area contributed by atoms with Crippen molar-refractivity contribution in [3.63, 3.8) is 0 Å². The van der Waals surface area contributed by atoms with Gasteiger partial charge in [-0.25, -0.2) is 4.98 Å². The average molecular weight is 399 g/mol. The first-order valence-corrected chi connectivity index (χ1v) is 9.40. The number of nitrogens with one attached hydrogen (secondary N) is 1. The molecule has 0 spiro atoms. The summed E-state index contributed by atoms with van der Waals surface area (Å²) in [6, 6.07) is 3.51. The molecule has 154 valence electrons. The lowest BCUT2D eigenvalue weighted by molar-refractivity contribution is -0.138. The fourth-order valence-electron chi connectivity index (χ4n) is 3.33. The number of nitrogens with zero attached hydrogens (tertiary/aromatic N) is 2. The number of aryl methyl sites for hydroxylation is 3. The zero-order chi connectivity index (χ0) is 21.5. The third-order valence-corrected chi connectivity index (χ3v) is 5.37. The minimum Gasteiger partial charge on any atom is -0.481 e. The van der Waals surface area contributed by atoms with Crippen molar-refractivity contribution in [2.45, 2.75) is 53.5 Å². The highest BCUT2D eigenvalue weighted by molar-refractivity contribution is 6.07. The molecule has 0 saturated heterocycles. The Bertz CT molecular complexity index is 1100. The lowest BCUT2D eigenvalue weighted by Crippen LogP contribution is -2.51. The van der Waals surface area contributed by atoms with Crippen LogP contribution < -0.4 is 5.32 Å². The first-order valence-electron chi connectivity index (χ1n) is 9.40. The molecule has 3 aromatic rings. The molecule has 0 aliphatic carbocycles. The van der Waals surface area contributed by atoms with Gasteiger partial charge in [0.05, 0.1) is 34.3 Å². The topological polar surface area (TPSA) is 118 Å². The van der Waals surface area contributed by atoms with E-state index in [4.69, 9.17) is 8.94 Å². The van der Waals surface area contributed by atoms with Gasteiger partial charge in [-0.2, -0.15) is 0 Å². The van der Waals surface area contributed by atoms with Crippen LogP contribution in [0.15, 0.2) is 21.1 Å². The summed E-state index contributed by atoms with van der Waals surface area (Å²) in [6.07, 6.45) is -0.194. The first-order chi connectivity index (χ1) is 13.5. The van der Waals surface area contributed by atoms with Gasteiger partial charge in [0.25, 0.3) is 11.6 Å². The average Bonchev–Trinajstić information content (AvgIpc) is 3.15. The Hall–Kier alpha value is -3.16. The molecule has 29 heavy (non-hydrogen) atoms. The van der Waals surface area contributed by atoms with E-state index in [9.17, 15) is 14.7 Å². The minimum atomic E-state index is -0.979. The maximum absolute atomic E-state index is 13.3. The zero-order valence-corrected chi connectivity index (χ0v) is 17.4. The normalized spacial score (nSPS) is 13.6. The van der Waals surface area contributed by atoms with E-state index in [-0.39, 0.29) is 18.1 Å². The van der Waals surface area contributed by atoms with E-state index in [1.165, 1.54) is 0 Å². The molecule has 8 nitrogen and oxygen atoms in total. The van der Waals surface area contributed by atoms with Gasteiger partial charge in [0, 0.05) is 5.56 Å². The number of furan rings is 1. The number of rotatable bonds is 6. The van der Waals surface area contributed by atoms with Gasteiger partial charge in [-0.1, -0.05) is 19.0 Å². The Morgan fingerprint density at radius 3 is 2.48 bits per heavy atom. The summed E-state index contributed by atoms with van der Waals surface area (Å²) >= 11 is 0. The fourth-order valence-corrected chi connectivity index (χ4v) is 3.33. The Kier molecular flexibility index (Phi) is 5.21. The fraction of sp³-hybridized carbons (Fsp3) is 0.429. The lowest BCUT2D eigenvalue weighted by atomic mass is 9.85. The van der Waals surface area contributed by atoms with Crippen LogP contribution in [0.4, 0.5) is 0 Å². The monoisotopic (exact) mass is 399 g/mol. The maximum Gasteiger partial charge on any atom is 0.305 e. The van der Waals surface area contributed by atoms with Crippen molar-refractivity contribution < 1.29 is 23.6 Å². The number of carboxylic acid groups (broad SMARTS) is 1. The summed E-state index contributed by atoms with van der Waals surface area (Å²) in [5.41, 5.74) is 1.47. The Morgan fingerprint density at radius 1 is 1.24 bits per heavy atom. The molecule has 0 aliphatic rings. The van der Waals surface area contributed by atoms with E-state index in [0.29, 0.717) is 28.1 Å². The number of carboxylic acids is 1. The molecular formula is C21H25N3O5. The smallest absolute Gasteiger partial charge is 0.305 e. The molecule has 0 aliphatic heterocycles. The second-order valence-corrected chi connectivity index (χ2v) is 7.93. The highest BCUT2D eigenvalue weighted by Gasteiger charge is 2.34. The minimum absolute atomic E-state index is 0.0957. The highest BCUT2D eigenvalue weighted by atomic mass is 16.5. The number of carbonyl (C=O) groups excluding carboxylic acids is 1. The number of hydrogen-bond donors (Lipinski definition) is 2. The van der Waals surface area contributed by atoms with E-state index in [0.717, 1.165) is 11.3 Å². The Morgan fingerprint density at radius 2 is 1.93 bits per heavy atom. The summed E-state index contributed by atoms with van der Waals surface area (Å²) in [7, 11) is 0. The molecule has 1 unspecified atom stereocenters. The number of fused-ring (bicyclic) bond motifs is 1. The van der Waals surface area contributed by atoms with E-state index in [1.54, 1.807) is 19.9 Å². The van der Waals surface area contributed by atoms with Crippen LogP contribution in [0.3, 0.4) is 0 Å². The lowest BCUT2D eigenvalue weighted by Gasteiger charge is -2.33. The standard InChI is InChI=1S/C21H25N3O5/c1-10(2)21(6,9-17(25)26)23-19(27)15-8-16(14-7-11(3)28-13(14)5)22-20-18(15)12(4)24-29-20/h7-8,10H,9H2,1-6H3,(H,23,27)(H,25,26). The summed E-state index contributed by atoms with van der Waals surface area (Å²) in [4.78, 5) is 29.1. The molecule has 8 heteroatoms. The van der Waals surface area contributed by atoms with Gasteiger partial charge in [-0.3, -0.25) is 9.59 Å². The molecule has 0 bridgehead atoms. The second kappa shape index (κ2) is 7.35. The quantitative estimate of drug-likeness (QED) is 0.642. The van der Waals surface area contributed by atoms with Gasteiger partial charge in [-0.15, -0.1) is 0 Å². The van der Waals surface area contributed by atoms with Crippen molar-refractivity contribution in [1.29, 1.82) is 0 Å². The maximum atomic E-state index is 13.3. The number of amides is 1. The van der Waals surface area contributed by atoms with Gasteiger partial charge < -0.3 is 19.4 Å². The summed E-state index contributed by atoms with van der Waals surface area (Å²) < 4.78 is 10.9. The molecule has 3 heterocycles. The molecule has 2 N–H and O–H groups in total. The van der Waals surface area contributed by atoms with Crippen LogP contribution in [0.2, 0.25) is 0 Å². The molecule has 0 fully saturated rings. The van der Waals surface area contributed by atoms with E-state index < -0.39 is 17.4 Å². The van der Waals surface area contributed by atoms with Crippen LogP contribution in [-0.4, -0.2) is 32.7 Å². The van der Waals surface area contributed by atoms with Crippen LogP contribution in [0.25, 0.3) is 22.4 Å². The zero-order valence-electron chi connectivity index (χ0n) is 17.4. The van der Waals surface area contributed by atoms with E-state index in [1.807, 2.05) is 33.8 Å². The number of aromatic nitrogens is 2. The van der Waals surface area contributed by atoms with E-state index in [2.05, 4.69) is 15.5 Å². The van der Waals surface area contributed by atoms with Gasteiger partial charge in [-0.05, 0) is 45.7 Å². The van der Waals surface area contributed by atoms with Crippen LogP contribution >= 0.6 is 0 Å². The Balaban J connectivity index is 2.12. The molecule has 1 atom stereocenters. The van der Waals surface area contributed by atoms with Gasteiger partial charge in [0.15, 0.2) is 0 Å². The van der Waals surface area contributed by atoms with Gasteiger partial charge in [0.1, 0.15) is 11.5 Å². The molecule has 0 aromatic carbocycles. The van der Waals surface area contributed by atoms with Crippen LogP contribution in [0.1, 0.15) is 54.8 Å². The van der Waals surface area contributed by atoms with Crippen molar-refractivity contribution in [2.24, 2.45) is 5.92 Å². The molecule has 0 radical (unpaired) electrons. The molecule has 1 amide bonds. The summed E-state index contributed by atoms with van der Waals surface area (Å²) in [5, 5.41) is 16.7. The van der Waals surface area contributed by atoms with Crippen LogP contribution in [-0.2, 0) is 4.79 Å². The highest BCUT2D eigenvalue weighted by Crippen LogP contribution is 2.31. The predicted octanol–water partition coefficient (Wildman–Crippen LogP) is 4.03. The van der Waals surface area contributed by atoms with Crippen molar-refractivity contribution >= 4 is 23.0 Å². The molecule has 3 aromatic heterocycles. The van der Waals surface area contributed by atoms with Gasteiger partial charge in [0.2, 0.25) is 0 Å². The second-order valence-electron chi connectivity index (χ2n) is 7.93. The number of aliphatic carboxylic acids is 1. The molecular weight excluding hydrogens is 374 g/mol. The Labute approximate surface area is 168 Å². The van der Waals surface area contributed by atoms with E-state index >= 15 is 0 Å². The van der Waals surface area contributed by atoms with Crippen molar-refractivity contribution in [3.05, 3.63) is 34.9 Å². The van der Waals surface area contributed by atoms with Crippen molar-refractivity contribution in [1.82, 2.24) is 15.5 Å². The number of hydrogen-bond acceptors (Lipinski definition) is 6. The number of carbonyl (C=O) groups is 2.